The Hall–Kier alpha value is -1.43. The Labute approximate surface area is 150 Å². The van der Waals surface area contributed by atoms with Gasteiger partial charge in [0.15, 0.2) is 0 Å². The third-order valence-electron chi connectivity index (χ3n) is 5.64. The molecule has 2 saturated heterocycles. The predicted molar refractivity (Wildman–Crippen MR) is 100 cm³/mol. The number of benzene rings is 1. The molecule has 3 rings (SSSR count). The van der Waals surface area contributed by atoms with Gasteiger partial charge in [-0.05, 0) is 56.5 Å². The SMILES string of the molecule is NCC1(C(=O)Nc2ccc(CN3CCCCCC3)cc2)CCOCC1. The lowest BCUT2D eigenvalue weighted by molar-refractivity contribution is -0.130. The number of nitrogens with two attached hydrogens (primary N) is 1. The first-order valence-electron chi connectivity index (χ1n) is 9.62. The Bertz CT molecular complexity index is 545. The lowest BCUT2D eigenvalue weighted by atomic mass is 9.79. The monoisotopic (exact) mass is 345 g/mol. The van der Waals surface area contributed by atoms with Crippen molar-refractivity contribution in [2.45, 2.75) is 45.1 Å². The third kappa shape index (κ3) is 4.81. The van der Waals surface area contributed by atoms with Gasteiger partial charge < -0.3 is 15.8 Å². The van der Waals surface area contributed by atoms with E-state index in [2.05, 4.69) is 22.3 Å². The van der Waals surface area contributed by atoms with E-state index in [9.17, 15) is 4.79 Å². The van der Waals surface area contributed by atoms with Gasteiger partial charge in [0, 0.05) is 32.0 Å². The summed E-state index contributed by atoms with van der Waals surface area (Å²) in [6, 6.07) is 8.27. The second-order valence-corrected chi connectivity index (χ2v) is 7.44. The standard InChI is InChI=1S/C20H31N3O2/c21-16-20(9-13-25-14-10-20)19(24)22-18-7-5-17(6-8-18)15-23-11-3-1-2-4-12-23/h5-8H,1-4,9-16,21H2,(H,22,24). The van der Waals surface area contributed by atoms with Crippen molar-refractivity contribution in [1.29, 1.82) is 0 Å². The minimum Gasteiger partial charge on any atom is -0.381 e. The minimum absolute atomic E-state index is 0.0265. The third-order valence-corrected chi connectivity index (χ3v) is 5.64. The zero-order valence-corrected chi connectivity index (χ0v) is 15.1. The normalized spacial score (nSPS) is 21.5. The van der Waals surface area contributed by atoms with Crippen LogP contribution in [-0.4, -0.2) is 43.7 Å². The Kier molecular flexibility index (Phi) is 6.45. The second kappa shape index (κ2) is 8.79. The van der Waals surface area contributed by atoms with E-state index in [1.165, 1.54) is 44.3 Å². The van der Waals surface area contributed by atoms with Crippen LogP contribution in [0.5, 0.6) is 0 Å². The van der Waals surface area contributed by atoms with Gasteiger partial charge >= 0.3 is 0 Å². The maximum Gasteiger partial charge on any atom is 0.232 e. The quantitative estimate of drug-likeness (QED) is 0.861. The number of hydrogen-bond acceptors (Lipinski definition) is 4. The number of amides is 1. The van der Waals surface area contributed by atoms with Crippen molar-refractivity contribution in [3.05, 3.63) is 29.8 Å². The summed E-state index contributed by atoms with van der Waals surface area (Å²) in [5.74, 6) is 0.0265. The molecule has 5 nitrogen and oxygen atoms in total. The van der Waals surface area contributed by atoms with Gasteiger partial charge in [-0.15, -0.1) is 0 Å². The van der Waals surface area contributed by atoms with Crippen LogP contribution in [0.3, 0.4) is 0 Å². The highest BCUT2D eigenvalue weighted by Crippen LogP contribution is 2.31. The first-order chi connectivity index (χ1) is 12.2. The highest BCUT2D eigenvalue weighted by Gasteiger charge is 2.38. The van der Waals surface area contributed by atoms with Crippen molar-refractivity contribution in [1.82, 2.24) is 4.90 Å². The maximum atomic E-state index is 12.7. The number of hydrogen-bond donors (Lipinski definition) is 2. The lowest BCUT2D eigenvalue weighted by Gasteiger charge is -2.34. The number of ether oxygens (including phenoxy) is 1. The van der Waals surface area contributed by atoms with Crippen LogP contribution in [0.15, 0.2) is 24.3 Å². The van der Waals surface area contributed by atoms with Gasteiger partial charge in [-0.3, -0.25) is 9.69 Å². The van der Waals surface area contributed by atoms with E-state index < -0.39 is 5.41 Å². The average Bonchev–Trinajstić information content (AvgIpc) is 2.92. The Morgan fingerprint density at radius 1 is 1.08 bits per heavy atom. The highest BCUT2D eigenvalue weighted by molar-refractivity contribution is 5.95. The zero-order chi connectivity index (χ0) is 17.5. The topological polar surface area (TPSA) is 67.6 Å². The molecule has 2 aliphatic rings. The van der Waals surface area contributed by atoms with E-state index in [0.717, 1.165) is 12.2 Å². The van der Waals surface area contributed by atoms with Crippen molar-refractivity contribution in [3.8, 4) is 0 Å². The van der Waals surface area contributed by atoms with E-state index in [0.29, 0.717) is 32.6 Å². The van der Waals surface area contributed by atoms with Gasteiger partial charge in [-0.25, -0.2) is 0 Å². The Morgan fingerprint density at radius 2 is 1.72 bits per heavy atom. The van der Waals surface area contributed by atoms with Crippen LogP contribution in [0, 0.1) is 5.41 Å². The fourth-order valence-electron chi connectivity index (χ4n) is 3.80. The molecule has 1 aromatic rings. The molecule has 2 heterocycles. The smallest absolute Gasteiger partial charge is 0.232 e. The molecule has 0 aromatic heterocycles. The highest BCUT2D eigenvalue weighted by atomic mass is 16.5. The van der Waals surface area contributed by atoms with Crippen LogP contribution < -0.4 is 11.1 Å². The van der Waals surface area contributed by atoms with Gasteiger partial charge in [-0.1, -0.05) is 25.0 Å². The number of carbonyl (C=O) groups is 1. The van der Waals surface area contributed by atoms with Crippen molar-refractivity contribution in [2.75, 3.05) is 38.2 Å². The summed E-state index contributed by atoms with van der Waals surface area (Å²) in [6.07, 6.45) is 6.72. The van der Waals surface area contributed by atoms with Gasteiger partial charge in [0.25, 0.3) is 0 Å². The van der Waals surface area contributed by atoms with Crippen LogP contribution >= 0.6 is 0 Å². The zero-order valence-electron chi connectivity index (χ0n) is 15.1. The molecular formula is C20H31N3O2. The van der Waals surface area contributed by atoms with Crippen LogP contribution in [0.1, 0.15) is 44.1 Å². The maximum absolute atomic E-state index is 12.7. The summed E-state index contributed by atoms with van der Waals surface area (Å²) < 4.78 is 5.38. The van der Waals surface area contributed by atoms with Crippen molar-refractivity contribution < 1.29 is 9.53 Å². The van der Waals surface area contributed by atoms with E-state index in [4.69, 9.17) is 10.5 Å². The average molecular weight is 345 g/mol. The molecule has 25 heavy (non-hydrogen) atoms. The Morgan fingerprint density at radius 3 is 2.32 bits per heavy atom. The summed E-state index contributed by atoms with van der Waals surface area (Å²) in [5, 5.41) is 3.06. The number of carbonyl (C=O) groups excluding carboxylic acids is 1. The molecule has 0 saturated carbocycles. The molecule has 1 aromatic carbocycles. The van der Waals surface area contributed by atoms with Crippen LogP contribution in [0.4, 0.5) is 5.69 Å². The molecular weight excluding hydrogens is 314 g/mol. The number of likely N-dealkylation sites (tertiary alicyclic amines) is 1. The van der Waals surface area contributed by atoms with Crippen LogP contribution in [-0.2, 0) is 16.1 Å². The molecule has 0 spiro atoms. The number of nitrogens with one attached hydrogen (secondary N) is 1. The van der Waals surface area contributed by atoms with Crippen molar-refractivity contribution in [2.24, 2.45) is 11.1 Å². The molecule has 0 bridgehead atoms. The molecule has 0 atom stereocenters. The van der Waals surface area contributed by atoms with Gasteiger partial charge in [-0.2, -0.15) is 0 Å². The van der Waals surface area contributed by atoms with E-state index in [-0.39, 0.29) is 5.91 Å². The molecule has 3 N–H and O–H groups in total. The second-order valence-electron chi connectivity index (χ2n) is 7.44. The molecule has 0 radical (unpaired) electrons. The molecule has 0 unspecified atom stereocenters. The summed E-state index contributed by atoms with van der Waals surface area (Å²) in [4.78, 5) is 15.2. The Balaban J connectivity index is 1.57. The van der Waals surface area contributed by atoms with Gasteiger partial charge in [0.05, 0.1) is 5.41 Å². The van der Waals surface area contributed by atoms with Crippen molar-refractivity contribution >= 4 is 11.6 Å². The van der Waals surface area contributed by atoms with Gasteiger partial charge in [0.2, 0.25) is 5.91 Å². The first kappa shape index (κ1) is 18.4. The van der Waals surface area contributed by atoms with Crippen LogP contribution in [0.25, 0.3) is 0 Å². The molecule has 1 amide bonds. The van der Waals surface area contributed by atoms with E-state index >= 15 is 0 Å². The summed E-state index contributed by atoms with van der Waals surface area (Å²) in [7, 11) is 0. The van der Waals surface area contributed by atoms with E-state index in [1.54, 1.807) is 0 Å². The summed E-state index contributed by atoms with van der Waals surface area (Å²) >= 11 is 0. The van der Waals surface area contributed by atoms with Crippen molar-refractivity contribution in [3.63, 3.8) is 0 Å². The minimum atomic E-state index is -0.483. The molecule has 2 aliphatic heterocycles. The largest absolute Gasteiger partial charge is 0.381 e. The molecule has 0 aliphatic carbocycles. The summed E-state index contributed by atoms with van der Waals surface area (Å²) in [6.45, 7) is 4.98. The first-order valence-corrected chi connectivity index (χ1v) is 9.62. The number of anilines is 1. The van der Waals surface area contributed by atoms with Gasteiger partial charge in [0.1, 0.15) is 0 Å². The predicted octanol–water partition coefficient (Wildman–Crippen LogP) is 2.76. The molecule has 5 heteroatoms. The van der Waals surface area contributed by atoms with E-state index in [1.807, 2.05) is 12.1 Å². The molecule has 2 fully saturated rings. The lowest BCUT2D eigenvalue weighted by Crippen LogP contribution is -2.46. The number of rotatable bonds is 5. The van der Waals surface area contributed by atoms with Crippen LogP contribution in [0.2, 0.25) is 0 Å². The summed E-state index contributed by atoms with van der Waals surface area (Å²) in [5.41, 5.74) is 7.58. The fourth-order valence-corrected chi connectivity index (χ4v) is 3.80. The molecule has 138 valence electrons. The fraction of sp³-hybridized carbons (Fsp3) is 0.650. The number of nitrogens with zero attached hydrogens (tertiary/aromatic N) is 1.